The van der Waals surface area contributed by atoms with Crippen LogP contribution in [0.3, 0.4) is 0 Å². The maximum atomic E-state index is 13.0. The molecule has 1 saturated heterocycles. The smallest absolute Gasteiger partial charge is 0.282 e. The normalized spacial score (nSPS) is 14.6. The number of aromatic nitrogens is 1. The molecule has 0 saturated carbocycles. The van der Waals surface area contributed by atoms with Crippen molar-refractivity contribution in [2.75, 3.05) is 18.7 Å². The maximum Gasteiger partial charge on any atom is 0.282 e. The van der Waals surface area contributed by atoms with E-state index in [2.05, 4.69) is 9.99 Å². The van der Waals surface area contributed by atoms with E-state index < -0.39 is 5.91 Å². The number of carbonyl (C=O) groups is 2. The zero-order valence-electron chi connectivity index (χ0n) is 18.6. The van der Waals surface area contributed by atoms with E-state index in [-0.39, 0.29) is 11.5 Å². The molecule has 0 unspecified atom stereocenters. The number of benzene rings is 3. The van der Waals surface area contributed by atoms with Crippen molar-refractivity contribution in [3.8, 4) is 11.5 Å². The highest BCUT2D eigenvalue weighted by molar-refractivity contribution is 6.32. The number of nitrogens with one attached hydrogen (secondary N) is 1. The van der Waals surface area contributed by atoms with Gasteiger partial charge in [-0.1, -0.05) is 36.4 Å². The Morgan fingerprint density at radius 3 is 2.35 bits per heavy atom. The van der Waals surface area contributed by atoms with Gasteiger partial charge in [-0.3, -0.25) is 15.0 Å². The molecule has 3 aromatic carbocycles. The van der Waals surface area contributed by atoms with Crippen LogP contribution in [0.15, 0.2) is 90.6 Å². The molecule has 0 aliphatic carbocycles. The molecule has 1 N–H and O–H groups in total. The Labute approximate surface area is 196 Å². The lowest BCUT2D eigenvalue weighted by Crippen LogP contribution is -2.35. The predicted octanol–water partition coefficient (Wildman–Crippen LogP) is 4.19. The molecule has 2 heterocycles. The van der Waals surface area contributed by atoms with Gasteiger partial charge in [0.05, 0.1) is 19.3 Å². The molecule has 1 fully saturated rings. The second-order valence-corrected chi connectivity index (χ2v) is 7.79. The number of nitrogens with zero attached hydrogens (tertiary/aromatic N) is 2. The SMILES string of the molecule is COc1ccc(OCCn2cc(C=C3C(=O)NN(c4ccccc4)C3=O)c3ccccc32)cc1. The molecule has 0 radical (unpaired) electrons. The number of anilines is 1. The minimum Gasteiger partial charge on any atom is -0.497 e. The van der Waals surface area contributed by atoms with Crippen LogP contribution in [-0.2, 0) is 16.1 Å². The topological polar surface area (TPSA) is 72.8 Å². The van der Waals surface area contributed by atoms with Gasteiger partial charge in [0.2, 0.25) is 0 Å². The van der Waals surface area contributed by atoms with E-state index >= 15 is 0 Å². The summed E-state index contributed by atoms with van der Waals surface area (Å²) in [4.78, 5) is 25.6. The summed E-state index contributed by atoms with van der Waals surface area (Å²) < 4.78 is 13.1. The van der Waals surface area contributed by atoms with E-state index in [4.69, 9.17) is 9.47 Å². The molecule has 5 rings (SSSR count). The minimum absolute atomic E-state index is 0.0984. The van der Waals surface area contributed by atoms with Gasteiger partial charge in [0, 0.05) is 22.7 Å². The second kappa shape index (κ2) is 9.15. The van der Waals surface area contributed by atoms with Gasteiger partial charge < -0.3 is 14.0 Å². The van der Waals surface area contributed by atoms with Crippen molar-refractivity contribution >= 4 is 34.5 Å². The number of ether oxygens (including phenoxy) is 2. The molecule has 0 spiro atoms. The van der Waals surface area contributed by atoms with E-state index in [9.17, 15) is 9.59 Å². The summed E-state index contributed by atoms with van der Waals surface area (Å²) in [5, 5.41) is 2.23. The van der Waals surface area contributed by atoms with Gasteiger partial charge in [0.25, 0.3) is 11.8 Å². The summed E-state index contributed by atoms with van der Waals surface area (Å²) in [6.45, 7) is 1.06. The summed E-state index contributed by atoms with van der Waals surface area (Å²) in [5.41, 5.74) is 5.16. The molecule has 0 bridgehead atoms. The van der Waals surface area contributed by atoms with E-state index in [0.717, 1.165) is 28.0 Å². The lowest BCUT2D eigenvalue weighted by Gasteiger charge is -2.13. The number of carbonyl (C=O) groups excluding carboxylic acids is 2. The Hall–Kier alpha value is -4.52. The van der Waals surface area contributed by atoms with Crippen molar-refractivity contribution < 1.29 is 19.1 Å². The van der Waals surface area contributed by atoms with Crippen molar-refractivity contribution in [3.05, 3.63) is 96.2 Å². The highest BCUT2D eigenvalue weighted by Crippen LogP contribution is 2.27. The van der Waals surface area contributed by atoms with Gasteiger partial charge in [0.1, 0.15) is 23.7 Å². The number of amides is 2. The third kappa shape index (κ3) is 4.11. The van der Waals surface area contributed by atoms with E-state index in [1.165, 1.54) is 5.01 Å². The van der Waals surface area contributed by atoms with Crippen molar-refractivity contribution in [1.29, 1.82) is 0 Å². The predicted molar refractivity (Wildman–Crippen MR) is 130 cm³/mol. The average molecular weight is 453 g/mol. The fraction of sp³-hybridized carbons (Fsp3) is 0.111. The summed E-state index contributed by atoms with van der Waals surface area (Å²) >= 11 is 0. The molecule has 170 valence electrons. The first-order valence-electron chi connectivity index (χ1n) is 10.9. The first kappa shape index (κ1) is 21.3. The number of rotatable bonds is 7. The fourth-order valence-electron chi connectivity index (χ4n) is 3.98. The quantitative estimate of drug-likeness (QED) is 0.336. The molecule has 1 aromatic heterocycles. The number of hydrazine groups is 1. The van der Waals surface area contributed by atoms with Gasteiger partial charge in [-0.2, -0.15) is 0 Å². The maximum absolute atomic E-state index is 13.0. The zero-order valence-corrected chi connectivity index (χ0v) is 18.6. The lowest BCUT2D eigenvalue weighted by atomic mass is 10.1. The standard InChI is InChI=1S/C27H23N3O4/c1-33-21-11-13-22(14-12-21)34-16-15-29-18-19(23-9-5-6-10-25(23)29)17-24-26(31)28-30(27(24)32)20-7-3-2-4-8-20/h2-14,17-18H,15-16H2,1H3,(H,28,31). The Morgan fingerprint density at radius 1 is 0.882 bits per heavy atom. The summed E-state index contributed by atoms with van der Waals surface area (Å²) in [6, 6.07) is 24.4. The Morgan fingerprint density at radius 2 is 1.59 bits per heavy atom. The Bertz CT molecular complexity index is 1370. The van der Waals surface area contributed by atoms with Gasteiger partial charge in [0.15, 0.2) is 0 Å². The van der Waals surface area contributed by atoms with Crippen molar-refractivity contribution in [2.24, 2.45) is 0 Å². The number of hydrogen-bond acceptors (Lipinski definition) is 4. The number of para-hydroxylation sites is 2. The van der Waals surface area contributed by atoms with Gasteiger partial charge in [-0.15, -0.1) is 0 Å². The van der Waals surface area contributed by atoms with Gasteiger partial charge in [-0.25, -0.2) is 5.01 Å². The molecular formula is C27H23N3O4. The third-order valence-corrected chi connectivity index (χ3v) is 5.69. The van der Waals surface area contributed by atoms with Crippen molar-refractivity contribution in [1.82, 2.24) is 9.99 Å². The lowest BCUT2D eigenvalue weighted by molar-refractivity contribution is -0.117. The van der Waals surface area contributed by atoms with Crippen LogP contribution >= 0.6 is 0 Å². The molecule has 1 aliphatic heterocycles. The molecule has 4 aromatic rings. The average Bonchev–Trinajstić information content (AvgIpc) is 3.37. The van der Waals surface area contributed by atoms with Crippen LogP contribution in [0, 0.1) is 0 Å². The highest BCUT2D eigenvalue weighted by atomic mass is 16.5. The second-order valence-electron chi connectivity index (χ2n) is 7.79. The van der Waals surface area contributed by atoms with E-state index in [1.807, 2.05) is 72.9 Å². The van der Waals surface area contributed by atoms with E-state index in [0.29, 0.717) is 18.8 Å². The van der Waals surface area contributed by atoms with Crippen LogP contribution in [0.2, 0.25) is 0 Å². The van der Waals surface area contributed by atoms with Crippen LogP contribution in [0.1, 0.15) is 5.56 Å². The first-order chi connectivity index (χ1) is 16.6. The van der Waals surface area contributed by atoms with Crippen molar-refractivity contribution in [2.45, 2.75) is 6.54 Å². The molecule has 7 heteroatoms. The fourth-order valence-corrected chi connectivity index (χ4v) is 3.98. The first-order valence-corrected chi connectivity index (χ1v) is 10.9. The molecule has 34 heavy (non-hydrogen) atoms. The van der Waals surface area contributed by atoms with Crippen LogP contribution < -0.4 is 19.9 Å². The van der Waals surface area contributed by atoms with E-state index in [1.54, 1.807) is 25.3 Å². The molecule has 1 aliphatic rings. The summed E-state index contributed by atoms with van der Waals surface area (Å²) in [7, 11) is 1.63. The van der Waals surface area contributed by atoms with Crippen LogP contribution in [0.4, 0.5) is 5.69 Å². The number of fused-ring (bicyclic) bond motifs is 1. The third-order valence-electron chi connectivity index (χ3n) is 5.69. The van der Waals surface area contributed by atoms with Gasteiger partial charge >= 0.3 is 0 Å². The molecule has 0 atom stereocenters. The van der Waals surface area contributed by atoms with Crippen LogP contribution in [0.5, 0.6) is 11.5 Å². The van der Waals surface area contributed by atoms with Crippen LogP contribution in [-0.4, -0.2) is 30.1 Å². The molecule has 2 amide bonds. The highest BCUT2D eigenvalue weighted by Gasteiger charge is 2.34. The molecule has 7 nitrogen and oxygen atoms in total. The number of hydrogen-bond donors (Lipinski definition) is 1. The minimum atomic E-state index is -0.423. The monoisotopic (exact) mass is 453 g/mol. The van der Waals surface area contributed by atoms with Gasteiger partial charge in [-0.05, 0) is 48.5 Å². The van der Waals surface area contributed by atoms with Crippen LogP contribution in [0.25, 0.3) is 17.0 Å². The number of methoxy groups -OCH3 is 1. The summed E-state index contributed by atoms with van der Waals surface area (Å²) in [5.74, 6) is 0.732. The molecular weight excluding hydrogens is 430 g/mol. The Balaban J connectivity index is 1.38. The Kier molecular flexibility index (Phi) is 5.74. The largest absolute Gasteiger partial charge is 0.497 e. The summed E-state index contributed by atoms with van der Waals surface area (Å²) in [6.07, 6.45) is 3.60. The zero-order chi connectivity index (χ0) is 23.5. The van der Waals surface area contributed by atoms with Crippen molar-refractivity contribution in [3.63, 3.8) is 0 Å².